The fraction of sp³-hybridized carbons (Fsp3) is 0.636. The highest BCUT2D eigenvalue weighted by Gasteiger charge is 2.34. The van der Waals surface area contributed by atoms with E-state index in [4.69, 9.17) is 0 Å². The van der Waals surface area contributed by atoms with Gasteiger partial charge in [0, 0.05) is 23.6 Å². The van der Waals surface area contributed by atoms with Crippen molar-refractivity contribution in [2.45, 2.75) is 30.0 Å². The fourth-order valence-electron chi connectivity index (χ4n) is 2.18. The average Bonchev–Trinajstić information content (AvgIpc) is 2.96. The third-order valence-corrected chi connectivity index (χ3v) is 7.61. The van der Waals surface area contributed by atoms with Crippen LogP contribution in [-0.4, -0.2) is 38.4 Å². The Hall–Kier alpha value is 0.340. The van der Waals surface area contributed by atoms with Crippen molar-refractivity contribution in [3.8, 4) is 0 Å². The second-order valence-corrected chi connectivity index (χ2v) is 8.17. The summed E-state index contributed by atoms with van der Waals surface area (Å²) in [5.74, 6) is 0. The minimum absolute atomic E-state index is 0. The van der Waals surface area contributed by atoms with Crippen LogP contribution in [0.2, 0.25) is 0 Å². The number of halogens is 2. The Kier molecular flexibility index (Phi) is 6.75. The van der Waals surface area contributed by atoms with Crippen molar-refractivity contribution in [1.29, 1.82) is 0 Å². The van der Waals surface area contributed by atoms with E-state index < -0.39 is 10.0 Å². The Labute approximate surface area is 133 Å². The van der Waals surface area contributed by atoms with Crippen LogP contribution in [0.25, 0.3) is 0 Å². The van der Waals surface area contributed by atoms with Crippen molar-refractivity contribution in [2.24, 2.45) is 0 Å². The van der Waals surface area contributed by atoms with Crippen molar-refractivity contribution in [3.63, 3.8) is 0 Å². The van der Waals surface area contributed by atoms with Crippen LogP contribution in [-0.2, 0) is 10.0 Å². The number of rotatable bonds is 5. The molecular weight excluding hydrogens is 372 g/mol. The summed E-state index contributed by atoms with van der Waals surface area (Å²) in [5, 5.41) is 5.03. The number of hydrogen-bond donors (Lipinski definition) is 1. The summed E-state index contributed by atoms with van der Waals surface area (Å²) >= 11 is 4.59. The van der Waals surface area contributed by atoms with Gasteiger partial charge >= 0.3 is 0 Å². The number of nitrogens with zero attached hydrogens (tertiary/aromatic N) is 1. The van der Waals surface area contributed by atoms with Gasteiger partial charge in [0.05, 0.1) is 0 Å². The van der Waals surface area contributed by atoms with E-state index in [2.05, 4.69) is 21.2 Å². The molecule has 4 nitrogen and oxygen atoms in total. The van der Waals surface area contributed by atoms with E-state index >= 15 is 0 Å². The molecule has 1 atom stereocenters. The highest BCUT2D eigenvalue weighted by atomic mass is 79.9. The molecule has 2 heterocycles. The Bertz CT molecular complexity index is 501. The van der Waals surface area contributed by atoms with Crippen molar-refractivity contribution in [1.82, 2.24) is 9.62 Å². The maximum atomic E-state index is 12.7. The first kappa shape index (κ1) is 17.4. The van der Waals surface area contributed by atoms with E-state index in [1.807, 2.05) is 6.92 Å². The number of hydrogen-bond acceptors (Lipinski definition) is 4. The maximum absolute atomic E-state index is 12.7. The highest BCUT2D eigenvalue weighted by molar-refractivity contribution is 9.10. The molecule has 1 saturated heterocycles. The first-order valence-corrected chi connectivity index (χ1v) is 9.14. The monoisotopic (exact) mass is 388 g/mol. The lowest BCUT2D eigenvalue weighted by atomic mass is 10.2. The summed E-state index contributed by atoms with van der Waals surface area (Å²) in [7, 11) is -3.37. The first-order valence-electron chi connectivity index (χ1n) is 6.03. The zero-order valence-corrected chi connectivity index (χ0v) is 14.7. The zero-order valence-electron chi connectivity index (χ0n) is 10.6. The number of nitrogens with one attached hydrogen (secondary N) is 1. The van der Waals surface area contributed by atoms with Crippen LogP contribution in [0.3, 0.4) is 0 Å². The lowest BCUT2D eigenvalue weighted by Gasteiger charge is -2.26. The third-order valence-electron chi connectivity index (χ3n) is 3.01. The molecule has 0 aliphatic carbocycles. The molecule has 8 heteroatoms. The Morgan fingerprint density at radius 2 is 2.32 bits per heavy atom. The second kappa shape index (κ2) is 7.38. The topological polar surface area (TPSA) is 49.4 Å². The Morgan fingerprint density at radius 1 is 1.58 bits per heavy atom. The van der Waals surface area contributed by atoms with Crippen LogP contribution in [0.5, 0.6) is 0 Å². The van der Waals surface area contributed by atoms with Gasteiger partial charge in [-0.05, 0) is 46.8 Å². The summed E-state index contributed by atoms with van der Waals surface area (Å²) in [6.07, 6.45) is 1.72. The Morgan fingerprint density at radius 3 is 2.79 bits per heavy atom. The van der Waals surface area contributed by atoms with Gasteiger partial charge in [0.2, 0.25) is 0 Å². The molecule has 2 rings (SSSR count). The van der Waals surface area contributed by atoms with E-state index in [0.29, 0.717) is 15.2 Å². The molecule has 110 valence electrons. The van der Waals surface area contributed by atoms with Crippen molar-refractivity contribution < 1.29 is 8.42 Å². The van der Waals surface area contributed by atoms with Gasteiger partial charge in [0.15, 0.2) is 0 Å². The van der Waals surface area contributed by atoms with Crippen LogP contribution in [0, 0.1) is 0 Å². The van der Waals surface area contributed by atoms with E-state index in [1.54, 1.807) is 15.8 Å². The molecule has 0 bridgehead atoms. The zero-order chi connectivity index (χ0) is 13.2. The van der Waals surface area contributed by atoms with E-state index in [-0.39, 0.29) is 18.4 Å². The van der Waals surface area contributed by atoms with Gasteiger partial charge in [0.1, 0.15) is 4.21 Å². The number of sulfonamides is 1. The predicted molar refractivity (Wildman–Crippen MR) is 84.7 cm³/mol. The first-order chi connectivity index (χ1) is 8.57. The van der Waals surface area contributed by atoms with Crippen LogP contribution in [0.1, 0.15) is 19.8 Å². The normalized spacial score (nSPS) is 19.6. The molecule has 1 N–H and O–H groups in total. The molecule has 0 spiro atoms. The molecule has 19 heavy (non-hydrogen) atoms. The predicted octanol–water partition coefficient (Wildman–Crippen LogP) is 2.70. The minimum Gasteiger partial charge on any atom is -0.315 e. The van der Waals surface area contributed by atoms with Crippen LogP contribution in [0.15, 0.2) is 20.1 Å². The van der Waals surface area contributed by atoms with Gasteiger partial charge < -0.3 is 5.32 Å². The molecule has 1 fully saturated rings. The van der Waals surface area contributed by atoms with E-state index in [9.17, 15) is 8.42 Å². The standard InChI is InChI=1S/C11H17BrN2O2S2.ClH/c1-2-6-14(9-3-5-13-8-9)18(15,16)11-10(12)4-7-17-11;/h4,7,9,13H,2-3,5-6,8H2,1H3;1H. The summed E-state index contributed by atoms with van der Waals surface area (Å²) in [6.45, 7) is 4.24. The molecule has 1 aliphatic rings. The second-order valence-electron chi connectivity index (χ2n) is 4.32. The summed E-state index contributed by atoms with van der Waals surface area (Å²) in [5.41, 5.74) is 0. The Balaban J connectivity index is 0.00000180. The SMILES string of the molecule is CCCN(C1CCNC1)S(=O)(=O)c1sccc1Br.Cl. The third kappa shape index (κ3) is 3.71. The van der Waals surface area contributed by atoms with Gasteiger partial charge in [-0.3, -0.25) is 0 Å². The largest absolute Gasteiger partial charge is 0.315 e. The van der Waals surface area contributed by atoms with Gasteiger partial charge in [-0.1, -0.05) is 6.92 Å². The van der Waals surface area contributed by atoms with Gasteiger partial charge in [-0.2, -0.15) is 4.31 Å². The highest BCUT2D eigenvalue weighted by Crippen LogP contribution is 2.32. The molecule has 1 aliphatic heterocycles. The summed E-state index contributed by atoms with van der Waals surface area (Å²) in [6, 6.07) is 1.87. The lowest BCUT2D eigenvalue weighted by Crippen LogP contribution is -2.41. The maximum Gasteiger partial charge on any atom is 0.253 e. The van der Waals surface area contributed by atoms with Gasteiger partial charge in [-0.15, -0.1) is 23.7 Å². The van der Waals surface area contributed by atoms with Crippen LogP contribution >= 0.6 is 39.7 Å². The lowest BCUT2D eigenvalue weighted by molar-refractivity contribution is 0.335. The molecule has 0 aromatic carbocycles. The average molecular weight is 390 g/mol. The molecule has 0 saturated carbocycles. The van der Waals surface area contributed by atoms with Gasteiger partial charge in [0.25, 0.3) is 10.0 Å². The quantitative estimate of drug-likeness (QED) is 0.842. The summed E-state index contributed by atoms with van der Waals surface area (Å²) in [4.78, 5) is 0. The van der Waals surface area contributed by atoms with Crippen LogP contribution < -0.4 is 5.32 Å². The van der Waals surface area contributed by atoms with E-state index in [0.717, 1.165) is 25.9 Å². The smallest absolute Gasteiger partial charge is 0.253 e. The molecule has 1 aromatic heterocycles. The van der Waals surface area contributed by atoms with Crippen molar-refractivity contribution >= 4 is 49.7 Å². The van der Waals surface area contributed by atoms with Gasteiger partial charge in [-0.25, -0.2) is 8.42 Å². The fourth-order valence-corrected chi connectivity index (χ4v) is 6.35. The molecule has 1 aromatic rings. The van der Waals surface area contributed by atoms with Crippen molar-refractivity contribution in [2.75, 3.05) is 19.6 Å². The minimum atomic E-state index is -3.37. The van der Waals surface area contributed by atoms with Crippen LogP contribution in [0.4, 0.5) is 0 Å². The molecule has 0 amide bonds. The van der Waals surface area contributed by atoms with E-state index in [1.165, 1.54) is 11.3 Å². The molecule has 0 radical (unpaired) electrons. The number of thiophene rings is 1. The van der Waals surface area contributed by atoms with Crippen molar-refractivity contribution in [3.05, 3.63) is 15.9 Å². The molecular formula is C11H18BrClN2O2S2. The molecule has 1 unspecified atom stereocenters. The summed E-state index contributed by atoms with van der Waals surface area (Å²) < 4.78 is 28.1.